The molecule has 0 aliphatic rings. The van der Waals surface area contributed by atoms with E-state index >= 15 is 0 Å². The normalized spacial score (nSPS) is 11.5. The molecule has 2 N–H and O–H groups in total. The van der Waals surface area contributed by atoms with Gasteiger partial charge in [-0.25, -0.2) is 13.1 Å². The number of carbonyl (C=O) groups is 1. The summed E-state index contributed by atoms with van der Waals surface area (Å²) in [6, 6.07) is 13.9. The number of nitrogens with one attached hydrogen (secondary N) is 2. The lowest BCUT2D eigenvalue weighted by atomic mass is 10.0. The van der Waals surface area contributed by atoms with Gasteiger partial charge >= 0.3 is 0 Å². The highest BCUT2D eigenvalue weighted by Gasteiger charge is 2.14. The molecule has 0 heterocycles. The summed E-state index contributed by atoms with van der Waals surface area (Å²) in [6.45, 7) is 4.14. The van der Waals surface area contributed by atoms with Gasteiger partial charge < -0.3 is 5.32 Å². The summed E-state index contributed by atoms with van der Waals surface area (Å²) >= 11 is 3.26. The molecule has 0 saturated carbocycles. The van der Waals surface area contributed by atoms with Crippen LogP contribution in [0.1, 0.15) is 31.7 Å². The van der Waals surface area contributed by atoms with E-state index in [1.807, 2.05) is 24.3 Å². The van der Waals surface area contributed by atoms with E-state index in [2.05, 4.69) is 39.8 Å². The van der Waals surface area contributed by atoms with Crippen LogP contribution in [0.25, 0.3) is 0 Å². The second-order valence-corrected chi connectivity index (χ2v) is 8.57. The molecule has 0 atom stereocenters. The molecule has 0 aliphatic heterocycles. The van der Waals surface area contributed by atoms with E-state index in [-0.39, 0.29) is 29.7 Å². The SMILES string of the molecule is CC(C)c1ccccc1NC(=O)CCNS(=O)(=O)c1ccc(Br)cc1. The van der Waals surface area contributed by atoms with Crippen LogP contribution in [0.2, 0.25) is 0 Å². The van der Waals surface area contributed by atoms with Gasteiger partial charge in [0.15, 0.2) is 0 Å². The van der Waals surface area contributed by atoms with Gasteiger partial charge in [-0.3, -0.25) is 4.79 Å². The van der Waals surface area contributed by atoms with Crippen molar-refractivity contribution in [3.05, 3.63) is 58.6 Å². The Morgan fingerprint density at radius 1 is 1.08 bits per heavy atom. The quantitative estimate of drug-likeness (QED) is 0.707. The number of rotatable bonds is 7. The molecule has 5 nitrogen and oxygen atoms in total. The molecule has 0 fully saturated rings. The molecule has 2 aromatic rings. The van der Waals surface area contributed by atoms with Crippen LogP contribution in [-0.4, -0.2) is 20.9 Å². The fourth-order valence-corrected chi connectivity index (χ4v) is 3.62. The van der Waals surface area contributed by atoms with Gasteiger partial charge in [0, 0.05) is 23.1 Å². The predicted octanol–water partition coefficient (Wildman–Crippen LogP) is 3.88. The van der Waals surface area contributed by atoms with Crippen molar-refractivity contribution in [1.82, 2.24) is 4.72 Å². The first-order chi connectivity index (χ1) is 11.8. The van der Waals surface area contributed by atoms with Gasteiger partial charge in [-0.2, -0.15) is 0 Å². The van der Waals surface area contributed by atoms with E-state index in [9.17, 15) is 13.2 Å². The number of carbonyl (C=O) groups excluding carboxylic acids is 1. The van der Waals surface area contributed by atoms with Crippen LogP contribution in [-0.2, 0) is 14.8 Å². The van der Waals surface area contributed by atoms with E-state index in [0.717, 1.165) is 15.7 Å². The standard InChI is InChI=1S/C18H21BrN2O3S/c1-13(2)16-5-3-4-6-17(16)21-18(22)11-12-20-25(23,24)15-9-7-14(19)8-10-15/h3-10,13,20H,11-12H2,1-2H3,(H,21,22). The average molecular weight is 425 g/mol. The summed E-state index contributed by atoms with van der Waals surface area (Å²) in [6.07, 6.45) is 0.0577. The first kappa shape index (κ1) is 19.6. The monoisotopic (exact) mass is 424 g/mol. The maximum absolute atomic E-state index is 12.2. The summed E-state index contributed by atoms with van der Waals surface area (Å²) in [5.41, 5.74) is 1.81. The van der Waals surface area contributed by atoms with Gasteiger partial charge in [-0.1, -0.05) is 48.0 Å². The molecule has 1 amide bonds. The molecule has 0 aromatic heterocycles. The smallest absolute Gasteiger partial charge is 0.240 e. The van der Waals surface area contributed by atoms with Gasteiger partial charge in [-0.05, 0) is 41.8 Å². The van der Waals surface area contributed by atoms with E-state index < -0.39 is 10.0 Å². The van der Waals surface area contributed by atoms with Crippen molar-refractivity contribution in [1.29, 1.82) is 0 Å². The van der Waals surface area contributed by atoms with Crippen molar-refractivity contribution >= 4 is 37.5 Å². The van der Waals surface area contributed by atoms with E-state index in [4.69, 9.17) is 0 Å². The molecule has 2 aromatic carbocycles. The van der Waals surface area contributed by atoms with Gasteiger partial charge in [0.1, 0.15) is 0 Å². The van der Waals surface area contributed by atoms with Gasteiger partial charge in [0.25, 0.3) is 0 Å². The van der Waals surface area contributed by atoms with E-state index in [0.29, 0.717) is 0 Å². The summed E-state index contributed by atoms with van der Waals surface area (Å²) < 4.78 is 27.6. The Labute approximate surface area is 157 Å². The lowest BCUT2D eigenvalue weighted by Crippen LogP contribution is -2.28. The first-order valence-electron chi connectivity index (χ1n) is 7.93. The summed E-state index contributed by atoms with van der Waals surface area (Å²) in [4.78, 5) is 12.3. The maximum Gasteiger partial charge on any atom is 0.240 e. The van der Waals surface area contributed by atoms with Crippen LogP contribution in [0.4, 0.5) is 5.69 Å². The van der Waals surface area contributed by atoms with Crippen molar-refractivity contribution in [3.63, 3.8) is 0 Å². The minimum absolute atomic E-state index is 0.0358. The maximum atomic E-state index is 12.2. The second kappa shape index (κ2) is 8.60. The zero-order chi connectivity index (χ0) is 18.4. The van der Waals surface area contributed by atoms with Crippen LogP contribution in [0.15, 0.2) is 57.9 Å². The zero-order valence-electron chi connectivity index (χ0n) is 14.1. The number of hydrogen-bond donors (Lipinski definition) is 2. The third kappa shape index (κ3) is 5.66. The molecule has 25 heavy (non-hydrogen) atoms. The van der Waals surface area contributed by atoms with Crippen LogP contribution in [0.5, 0.6) is 0 Å². The van der Waals surface area contributed by atoms with Crippen LogP contribution in [0.3, 0.4) is 0 Å². The van der Waals surface area contributed by atoms with Crippen molar-refractivity contribution < 1.29 is 13.2 Å². The van der Waals surface area contributed by atoms with E-state index in [1.54, 1.807) is 12.1 Å². The zero-order valence-corrected chi connectivity index (χ0v) is 16.5. The highest BCUT2D eigenvalue weighted by atomic mass is 79.9. The molecule has 0 saturated heterocycles. The summed E-state index contributed by atoms with van der Waals surface area (Å²) in [5.74, 6) is 0.0546. The number of benzene rings is 2. The number of anilines is 1. The molecule has 0 bridgehead atoms. The lowest BCUT2D eigenvalue weighted by molar-refractivity contribution is -0.116. The third-order valence-corrected chi connectivity index (χ3v) is 5.63. The Hall–Kier alpha value is -1.70. The largest absolute Gasteiger partial charge is 0.326 e. The Morgan fingerprint density at radius 3 is 2.36 bits per heavy atom. The van der Waals surface area contributed by atoms with Crippen molar-refractivity contribution in [2.24, 2.45) is 0 Å². The fourth-order valence-electron chi connectivity index (χ4n) is 2.32. The molecule has 7 heteroatoms. The minimum atomic E-state index is -3.62. The number of amides is 1. The van der Waals surface area contributed by atoms with Gasteiger partial charge in [0.2, 0.25) is 15.9 Å². The molecule has 2 rings (SSSR count). The lowest BCUT2D eigenvalue weighted by Gasteiger charge is -2.13. The minimum Gasteiger partial charge on any atom is -0.326 e. The van der Waals surface area contributed by atoms with E-state index in [1.165, 1.54) is 12.1 Å². The number of sulfonamides is 1. The van der Waals surface area contributed by atoms with Crippen molar-refractivity contribution in [3.8, 4) is 0 Å². The van der Waals surface area contributed by atoms with Crippen LogP contribution in [0, 0.1) is 0 Å². The Morgan fingerprint density at radius 2 is 1.72 bits per heavy atom. The summed E-state index contributed by atoms with van der Waals surface area (Å²) in [7, 11) is -3.62. The molecule has 0 spiro atoms. The third-order valence-electron chi connectivity index (χ3n) is 3.62. The number of hydrogen-bond acceptors (Lipinski definition) is 3. The second-order valence-electron chi connectivity index (χ2n) is 5.89. The van der Waals surface area contributed by atoms with Crippen molar-refractivity contribution in [2.75, 3.05) is 11.9 Å². The van der Waals surface area contributed by atoms with Gasteiger partial charge in [-0.15, -0.1) is 0 Å². The van der Waals surface area contributed by atoms with Crippen molar-refractivity contribution in [2.45, 2.75) is 31.1 Å². The Balaban J connectivity index is 1.91. The predicted molar refractivity (Wildman–Crippen MR) is 103 cm³/mol. The van der Waals surface area contributed by atoms with Crippen LogP contribution < -0.4 is 10.0 Å². The van der Waals surface area contributed by atoms with Gasteiger partial charge in [0.05, 0.1) is 4.90 Å². The molecule has 134 valence electrons. The fraction of sp³-hybridized carbons (Fsp3) is 0.278. The topological polar surface area (TPSA) is 75.3 Å². The highest BCUT2D eigenvalue weighted by Crippen LogP contribution is 2.23. The molecular weight excluding hydrogens is 404 g/mol. The number of halogens is 1. The first-order valence-corrected chi connectivity index (χ1v) is 10.2. The Kier molecular flexibility index (Phi) is 6.75. The Bertz CT molecular complexity index is 834. The molecule has 0 radical (unpaired) electrons. The molecule has 0 unspecified atom stereocenters. The number of para-hydroxylation sites is 1. The highest BCUT2D eigenvalue weighted by molar-refractivity contribution is 9.10. The molecular formula is C18H21BrN2O3S. The van der Waals surface area contributed by atoms with Crippen LogP contribution >= 0.6 is 15.9 Å². The average Bonchev–Trinajstić information content (AvgIpc) is 2.55. The molecule has 0 aliphatic carbocycles. The summed E-state index contributed by atoms with van der Waals surface area (Å²) in [5, 5.41) is 2.85.